The number of piperidine rings is 1. The standard InChI is InChI=1S/C26H32FN3O3/c1-17-3-5-19(6-4-17)15-30-14-12-24(25(30)31)29-13-11-22(23(27)16-29)20-7-9-21(10-8-20)33-26(32)18(2)28/h3-10,18,22-24H,11-16,28H2,1-2H3/t18-,22-,23+,24+/m0/s1. The molecule has 2 aliphatic heterocycles. The summed E-state index contributed by atoms with van der Waals surface area (Å²) in [4.78, 5) is 28.6. The molecule has 2 fully saturated rings. The third-order valence-electron chi connectivity index (χ3n) is 6.68. The Morgan fingerprint density at radius 3 is 2.45 bits per heavy atom. The summed E-state index contributed by atoms with van der Waals surface area (Å²) in [6.45, 7) is 5.85. The van der Waals surface area contributed by atoms with Crippen LogP contribution in [0.25, 0.3) is 0 Å². The van der Waals surface area contributed by atoms with E-state index < -0.39 is 18.2 Å². The summed E-state index contributed by atoms with van der Waals surface area (Å²) in [5.74, 6) is -0.239. The van der Waals surface area contributed by atoms with E-state index in [0.717, 1.165) is 17.5 Å². The molecule has 2 N–H and O–H groups in total. The Morgan fingerprint density at radius 2 is 1.82 bits per heavy atom. The maximum absolute atomic E-state index is 15.2. The molecule has 7 heteroatoms. The summed E-state index contributed by atoms with van der Waals surface area (Å²) in [7, 11) is 0. The molecule has 1 amide bonds. The number of amides is 1. The van der Waals surface area contributed by atoms with Crippen LogP contribution in [0.4, 0.5) is 4.39 Å². The van der Waals surface area contributed by atoms with E-state index in [0.29, 0.717) is 31.8 Å². The first-order chi connectivity index (χ1) is 15.8. The average Bonchev–Trinajstić information content (AvgIpc) is 3.16. The summed E-state index contributed by atoms with van der Waals surface area (Å²) < 4.78 is 20.4. The highest BCUT2D eigenvalue weighted by atomic mass is 19.1. The van der Waals surface area contributed by atoms with E-state index in [9.17, 15) is 9.59 Å². The zero-order valence-corrected chi connectivity index (χ0v) is 19.2. The summed E-state index contributed by atoms with van der Waals surface area (Å²) in [5.41, 5.74) is 8.71. The van der Waals surface area contributed by atoms with Crippen LogP contribution in [0.15, 0.2) is 48.5 Å². The summed E-state index contributed by atoms with van der Waals surface area (Å²) in [6, 6.07) is 14.3. The predicted molar refractivity (Wildman–Crippen MR) is 125 cm³/mol. The van der Waals surface area contributed by atoms with Crippen molar-refractivity contribution in [1.82, 2.24) is 9.80 Å². The number of nitrogens with zero attached hydrogens (tertiary/aromatic N) is 2. The molecule has 2 aromatic carbocycles. The first-order valence-corrected chi connectivity index (χ1v) is 11.6. The predicted octanol–water partition coefficient (Wildman–Crippen LogP) is 3.18. The topological polar surface area (TPSA) is 75.9 Å². The van der Waals surface area contributed by atoms with Crippen LogP contribution in [0.1, 0.15) is 42.4 Å². The highest BCUT2D eigenvalue weighted by molar-refractivity contribution is 5.84. The van der Waals surface area contributed by atoms with Crippen molar-refractivity contribution >= 4 is 11.9 Å². The molecule has 0 radical (unpaired) electrons. The normalized spacial score (nSPS) is 24.7. The second kappa shape index (κ2) is 10.0. The van der Waals surface area contributed by atoms with Crippen LogP contribution in [-0.2, 0) is 16.1 Å². The number of nitrogens with two attached hydrogens (primary N) is 1. The number of likely N-dealkylation sites (tertiary alicyclic amines) is 2. The highest BCUT2D eigenvalue weighted by Gasteiger charge is 2.40. The van der Waals surface area contributed by atoms with E-state index >= 15 is 4.39 Å². The lowest BCUT2D eigenvalue weighted by molar-refractivity contribution is -0.135. The number of esters is 1. The molecule has 4 atom stereocenters. The smallest absolute Gasteiger partial charge is 0.328 e. The third-order valence-corrected chi connectivity index (χ3v) is 6.68. The van der Waals surface area contributed by atoms with Crippen molar-refractivity contribution in [2.24, 2.45) is 5.73 Å². The fourth-order valence-corrected chi connectivity index (χ4v) is 4.71. The largest absolute Gasteiger partial charge is 0.425 e. The molecule has 0 aromatic heterocycles. The fraction of sp³-hybridized carbons (Fsp3) is 0.462. The molecule has 0 spiro atoms. The molecule has 0 saturated carbocycles. The van der Waals surface area contributed by atoms with Gasteiger partial charge in [0.2, 0.25) is 5.91 Å². The maximum Gasteiger partial charge on any atom is 0.328 e. The monoisotopic (exact) mass is 453 g/mol. The lowest BCUT2D eigenvalue weighted by Crippen LogP contribution is -2.49. The first kappa shape index (κ1) is 23.4. The number of benzene rings is 2. The van der Waals surface area contributed by atoms with Gasteiger partial charge in [0.05, 0.1) is 6.04 Å². The lowest BCUT2D eigenvalue weighted by Gasteiger charge is -2.37. The van der Waals surface area contributed by atoms with Crippen LogP contribution in [0, 0.1) is 6.92 Å². The molecule has 6 nitrogen and oxygen atoms in total. The van der Waals surface area contributed by atoms with Gasteiger partial charge in [0.15, 0.2) is 0 Å². The average molecular weight is 454 g/mol. The van der Waals surface area contributed by atoms with Gasteiger partial charge < -0.3 is 15.4 Å². The highest BCUT2D eigenvalue weighted by Crippen LogP contribution is 2.34. The van der Waals surface area contributed by atoms with E-state index in [2.05, 4.69) is 24.3 Å². The van der Waals surface area contributed by atoms with E-state index in [1.807, 2.05) is 16.7 Å². The van der Waals surface area contributed by atoms with Crippen LogP contribution in [-0.4, -0.2) is 59.6 Å². The molecule has 33 heavy (non-hydrogen) atoms. The van der Waals surface area contributed by atoms with Gasteiger partial charge in [-0.3, -0.25) is 9.69 Å². The van der Waals surface area contributed by atoms with Crippen LogP contribution in [0.5, 0.6) is 5.75 Å². The van der Waals surface area contributed by atoms with Gasteiger partial charge in [-0.1, -0.05) is 42.0 Å². The number of ether oxygens (including phenoxy) is 1. The summed E-state index contributed by atoms with van der Waals surface area (Å²) in [6.07, 6.45) is 0.319. The number of aryl methyl sites for hydroxylation is 1. The minimum atomic E-state index is -1.06. The molecule has 2 heterocycles. The van der Waals surface area contributed by atoms with Gasteiger partial charge in [-0.25, -0.2) is 9.18 Å². The third kappa shape index (κ3) is 5.42. The quantitative estimate of drug-likeness (QED) is 0.537. The second-order valence-corrected chi connectivity index (χ2v) is 9.23. The Balaban J connectivity index is 1.33. The Morgan fingerprint density at radius 1 is 1.12 bits per heavy atom. The first-order valence-electron chi connectivity index (χ1n) is 11.6. The van der Waals surface area contributed by atoms with Gasteiger partial charge in [0, 0.05) is 25.6 Å². The molecular formula is C26H32FN3O3. The number of carbonyl (C=O) groups is 2. The van der Waals surface area contributed by atoms with Gasteiger partial charge in [0.25, 0.3) is 0 Å². The van der Waals surface area contributed by atoms with Crippen LogP contribution in [0.2, 0.25) is 0 Å². The summed E-state index contributed by atoms with van der Waals surface area (Å²) >= 11 is 0. The second-order valence-electron chi connectivity index (χ2n) is 9.23. The van der Waals surface area contributed by atoms with E-state index in [1.54, 1.807) is 31.2 Å². The van der Waals surface area contributed by atoms with Crippen LogP contribution >= 0.6 is 0 Å². The zero-order chi connectivity index (χ0) is 23.5. The Labute approximate surface area is 194 Å². The zero-order valence-electron chi connectivity index (χ0n) is 19.2. The molecular weight excluding hydrogens is 421 g/mol. The minimum Gasteiger partial charge on any atom is -0.425 e. The fourth-order valence-electron chi connectivity index (χ4n) is 4.71. The molecule has 0 bridgehead atoms. The number of hydrogen-bond donors (Lipinski definition) is 1. The van der Waals surface area contributed by atoms with Gasteiger partial charge >= 0.3 is 5.97 Å². The number of carbonyl (C=O) groups excluding carboxylic acids is 2. The Bertz CT molecular complexity index is 977. The molecule has 2 aliphatic rings. The van der Waals surface area contributed by atoms with Crippen molar-refractivity contribution in [1.29, 1.82) is 0 Å². The number of hydrogen-bond acceptors (Lipinski definition) is 5. The van der Waals surface area contributed by atoms with E-state index in [1.165, 1.54) is 5.56 Å². The number of alkyl halides is 1. The van der Waals surface area contributed by atoms with Gasteiger partial charge in [0.1, 0.15) is 18.0 Å². The van der Waals surface area contributed by atoms with E-state index in [-0.39, 0.29) is 24.4 Å². The lowest BCUT2D eigenvalue weighted by atomic mass is 9.87. The molecule has 176 valence electrons. The van der Waals surface area contributed by atoms with E-state index in [4.69, 9.17) is 10.5 Å². The molecule has 0 unspecified atom stereocenters. The molecule has 0 aliphatic carbocycles. The Kier molecular flexibility index (Phi) is 7.10. The van der Waals surface area contributed by atoms with Crippen molar-refractivity contribution in [2.75, 3.05) is 19.6 Å². The summed E-state index contributed by atoms with van der Waals surface area (Å²) in [5, 5.41) is 0. The van der Waals surface area contributed by atoms with Crippen molar-refractivity contribution in [2.45, 2.75) is 57.4 Å². The Hall–Kier alpha value is -2.77. The van der Waals surface area contributed by atoms with Gasteiger partial charge in [-0.2, -0.15) is 0 Å². The number of halogens is 1. The van der Waals surface area contributed by atoms with Crippen molar-refractivity contribution in [3.05, 3.63) is 65.2 Å². The van der Waals surface area contributed by atoms with Crippen molar-refractivity contribution < 1.29 is 18.7 Å². The maximum atomic E-state index is 15.2. The molecule has 2 saturated heterocycles. The van der Waals surface area contributed by atoms with Crippen LogP contribution in [0.3, 0.4) is 0 Å². The minimum absolute atomic E-state index is 0.0986. The molecule has 2 aromatic rings. The van der Waals surface area contributed by atoms with Gasteiger partial charge in [-0.15, -0.1) is 0 Å². The molecule has 4 rings (SSSR count). The SMILES string of the molecule is Cc1ccc(CN2CC[C@@H](N3CC[C@@H](c4ccc(OC(=O)[C@H](C)N)cc4)[C@H](F)C3)C2=O)cc1. The number of rotatable bonds is 6. The van der Waals surface area contributed by atoms with Crippen molar-refractivity contribution in [3.63, 3.8) is 0 Å². The van der Waals surface area contributed by atoms with Crippen molar-refractivity contribution in [3.8, 4) is 5.75 Å². The van der Waals surface area contributed by atoms with Gasteiger partial charge in [-0.05, 0) is 56.5 Å². The van der Waals surface area contributed by atoms with Crippen LogP contribution < -0.4 is 10.5 Å².